The second-order valence-electron chi connectivity index (χ2n) is 2.21. The van der Waals surface area contributed by atoms with Crippen molar-refractivity contribution in [2.24, 2.45) is 0 Å². The first-order chi connectivity index (χ1) is 5.18. The minimum absolute atomic E-state index is 0.268. The zero-order chi connectivity index (χ0) is 8.27. The molecule has 4 heteroatoms. The van der Waals surface area contributed by atoms with E-state index in [1.54, 1.807) is 0 Å². The number of aryl methyl sites for hydroxylation is 1. The number of ether oxygens (including phenoxy) is 1. The summed E-state index contributed by atoms with van der Waals surface area (Å²) in [5.74, 6) is -0.268. The monoisotopic (exact) mass is 171 g/mol. The molecule has 0 aliphatic carbocycles. The Bertz CT molecular complexity index is 257. The molecule has 11 heavy (non-hydrogen) atoms. The molecule has 1 rings (SSSR count). The maximum atomic E-state index is 10.4. The molecule has 0 radical (unpaired) electrons. The molecule has 0 saturated heterocycles. The van der Waals surface area contributed by atoms with Crippen LogP contribution >= 0.6 is 11.5 Å². The molecular formula is C7H9NO2S. The van der Waals surface area contributed by atoms with Gasteiger partial charge in [-0.1, -0.05) is 0 Å². The zero-order valence-corrected chi connectivity index (χ0v) is 7.27. The van der Waals surface area contributed by atoms with E-state index >= 15 is 0 Å². The van der Waals surface area contributed by atoms with Gasteiger partial charge in [0, 0.05) is 11.8 Å². The summed E-state index contributed by atoms with van der Waals surface area (Å²) in [6, 6.07) is 1.91. The summed E-state index contributed by atoms with van der Waals surface area (Å²) < 4.78 is 8.80. The van der Waals surface area contributed by atoms with Gasteiger partial charge in [0.15, 0.2) is 0 Å². The van der Waals surface area contributed by atoms with Gasteiger partial charge >= 0.3 is 5.97 Å². The molecule has 0 aromatic carbocycles. The van der Waals surface area contributed by atoms with Gasteiger partial charge in [-0.05, 0) is 24.5 Å². The number of carbonyl (C=O) groups excluding carboxylic acids is 1. The van der Waals surface area contributed by atoms with Gasteiger partial charge in [0.05, 0.1) is 5.69 Å². The Morgan fingerprint density at radius 2 is 2.55 bits per heavy atom. The van der Waals surface area contributed by atoms with E-state index in [1.165, 1.54) is 18.5 Å². The SMILES string of the molecule is CC(=O)OCc1cc(C)sn1. The van der Waals surface area contributed by atoms with Crippen LogP contribution in [0.5, 0.6) is 0 Å². The Morgan fingerprint density at radius 1 is 1.82 bits per heavy atom. The lowest BCUT2D eigenvalue weighted by atomic mass is 10.4. The highest BCUT2D eigenvalue weighted by Gasteiger charge is 1.99. The lowest BCUT2D eigenvalue weighted by Crippen LogP contribution is -1.98. The molecule has 0 unspecified atom stereocenters. The van der Waals surface area contributed by atoms with Gasteiger partial charge < -0.3 is 4.74 Å². The van der Waals surface area contributed by atoms with Gasteiger partial charge in [0.2, 0.25) is 0 Å². The third-order valence-corrected chi connectivity index (χ3v) is 1.83. The predicted octanol–water partition coefficient (Wildman–Crippen LogP) is 1.51. The Kier molecular flexibility index (Phi) is 2.59. The van der Waals surface area contributed by atoms with E-state index in [-0.39, 0.29) is 5.97 Å². The smallest absolute Gasteiger partial charge is 0.303 e. The van der Waals surface area contributed by atoms with Crippen molar-refractivity contribution in [3.05, 3.63) is 16.6 Å². The van der Waals surface area contributed by atoms with Crippen molar-refractivity contribution >= 4 is 17.5 Å². The van der Waals surface area contributed by atoms with Crippen LogP contribution in [0.1, 0.15) is 17.5 Å². The molecule has 0 saturated carbocycles. The van der Waals surface area contributed by atoms with E-state index < -0.39 is 0 Å². The van der Waals surface area contributed by atoms with Gasteiger partial charge in [-0.15, -0.1) is 0 Å². The van der Waals surface area contributed by atoms with E-state index in [1.807, 2.05) is 13.0 Å². The summed E-state index contributed by atoms with van der Waals surface area (Å²) in [5, 5.41) is 0. The molecule has 1 aromatic rings. The topological polar surface area (TPSA) is 39.2 Å². The zero-order valence-electron chi connectivity index (χ0n) is 6.46. The molecule has 0 aliphatic heterocycles. The maximum absolute atomic E-state index is 10.4. The van der Waals surface area contributed by atoms with E-state index in [0.717, 1.165) is 10.6 Å². The molecule has 0 bridgehead atoms. The number of esters is 1. The van der Waals surface area contributed by atoms with Gasteiger partial charge in [-0.2, -0.15) is 4.37 Å². The number of rotatable bonds is 2. The first-order valence-electron chi connectivity index (χ1n) is 3.24. The normalized spacial score (nSPS) is 9.64. The van der Waals surface area contributed by atoms with Crippen molar-refractivity contribution in [3.8, 4) is 0 Å². The first-order valence-corrected chi connectivity index (χ1v) is 4.01. The van der Waals surface area contributed by atoms with Crippen LogP contribution in [0.3, 0.4) is 0 Å². The van der Waals surface area contributed by atoms with Crippen LogP contribution in [-0.2, 0) is 16.1 Å². The van der Waals surface area contributed by atoms with Crippen LogP contribution in [0.2, 0.25) is 0 Å². The molecule has 1 aromatic heterocycles. The lowest BCUT2D eigenvalue weighted by molar-refractivity contribution is -0.142. The van der Waals surface area contributed by atoms with Crippen molar-refractivity contribution < 1.29 is 9.53 Å². The van der Waals surface area contributed by atoms with Crippen molar-refractivity contribution in [2.75, 3.05) is 0 Å². The van der Waals surface area contributed by atoms with Crippen LogP contribution in [-0.4, -0.2) is 10.3 Å². The number of hydrogen-bond donors (Lipinski definition) is 0. The van der Waals surface area contributed by atoms with E-state index in [0.29, 0.717) is 6.61 Å². The third kappa shape index (κ3) is 2.67. The first kappa shape index (κ1) is 8.20. The summed E-state index contributed by atoms with van der Waals surface area (Å²) in [5.41, 5.74) is 0.822. The second kappa shape index (κ2) is 3.48. The van der Waals surface area contributed by atoms with Crippen molar-refractivity contribution in [1.82, 2.24) is 4.37 Å². The van der Waals surface area contributed by atoms with Crippen LogP contribution in [0.15, 0.2) is 6.07 Å². The van der Waals surface area contributed by atoms with Crippen LogP contribution in [0, 0.1) is 6.92 Å². The average molecular weight is 171 g/mol. The molecule has 3 nitrogen and oxygen atoms in total. The maximum Gasteiger partial charge on any atom is 0.303 e. The molecule has 1 heterocycles. The lowest BCUT2D eigenvalue weighted by Gasteiger charge is -1.95. The molecule has 0 spiro atoms. The average Bonchev–Trinajstić information content (AvgIpc) is 2.31. The molecule has 0 aliphatic rings. The predicted molar refractivity (Wildman–Crippen MR) is 42.3 cm³/mol. The largest absolute Gasteiger partial charge is 0.459 e. The summed E-state index contributed by atoms with van der Waals surface area (Å²) in [6.07, 6.45) is 0. The summed E-state index contributed by atoms with van der Waals surface area (Å²) in [7, 11) is 0. The standard InChI is InChI=1S/C7H9NO2S/c1-5-3-7(8-11-5)4-10-6(2)9/h3H,4H2,1-2H3. The van der Waals surface area contributed by atoms with Crippen molar-refractivity contribution in [3.63, 3.8) is 0 Å². The highest BCUT2D eigenvalue weighted by atomic mass is 32.1. The highest BCUT2D eigenvalue weighted by molar-refractivity contribution is 7.05. The number of carbonyl (C=O) groups is 1. The fraction of sp³-hybridized carbons (Fsp3) is 0.429. The van der Waals surface area contributed by atoms with E-state index in [2.05, 4.69) is 4.37 Å². The van der Waals surface area contributed by atoms with Crippen molar-refractivity contribution in [2.45, 2.75) is 20.5 Å². The Balaban J connectivity index is 2.45. The molecule has 0 atom stereocenters. The third-order valence-electron chi connectivity index (χ3n) is 1.10. The Labute approximate surface area is 69.2 Å². The fourth-order valence-electron chi connectivity index (χ4n) is 0.662. The van der Waals surface area contributed by atoms with Crippen LogP contribution in [0.4, 0.5) is 0 Å². The number of hydrogen-bond acceptors (Lipinski definition) is 4. The quantitative estimate of drug-likeness (QED) is 0.633. The minimum Gasteiger partial charge on any atom is -0.459 e. The van der Waals surface area contributed by atoms with E-state index in [9.17, 15) is 4.79 Å². The van der Waals surface area contributed by atoms with Crippen molar-refractivity contribution in [1.29, 1.82) is 0 Å². The second-order valence-corrected chi connectivity index (χ2v) is 3.22. The van der Waals surface area contributed by atoms with Gasteiger partial charge in [-0.25, -0.2) is 0 Å². The molecule has 0 amide bonds. The summed E-state index contributed by atoms with van der Waals surface area (Å²) in [4.78, 5) is 11.5. The molecule has 0 fully saturated rings. The van der Waals surface area contributed by atoms with Crippen LogP contribution < -0.4 is 0 Å². The number of aromatic nitrogens is 1. The number of nitrogens with zero attached hydrogens (tertiary/aromatic N) is 1. The Hall–Kier alpha value is -0.900. The van der Waals surface area contributed by atoms with Crippen LogP contribution in [0.25, 0.3) is 0 Å². The summed E-state index contributed by atoms with van der Waals surface area (Å²) in [6.45, 7) is 3.65. The van der Waals surface area contributed by atoms with Gasteiger partial charge in [-0.3, -0.25) is 4.79 Å². The molecule has 0 N–H and O–H groups in total. The van der Waals surface area contributed by atoms with Gasteiger partial charge in [0.1, 0.15) is 6.61 Å². The Morgan fingerprint density at radius 3 is 3.00 bits per heavy atom. The van der Waals surface area contributed by atoms with E-state index in [4.69, 9.17) is 4.74 Å². The molecular weight excluding hydrogens is 162 g/mol. The fourth-order valence-corrected chi connectivity index (χ4v) is 1.22. The van der Waals surface area contributed by atoms with Gasteiger partial charge in [0.25, 0.3) is 0 Å². The highest BCUT2D eigenvalue weighted by Crippen LogP contribution is 2.08. The molecule has 60 valence electrons. The summed E-state index contributed by atoms with van der Waals surface area (Å²) >= 11 is 1.41. The minimum atomic E-state index is -0.268.